The predicted molar refractivity (Wildman–Crippen MR) is 70.1 cm³/mol. The van der Waals surface area contributed by atoms with Crippen molar-refractivity contribution >= 4 is 10.0 Å². The van der Waals surface area contributed by atoms with Gasteiger partial charge in [-0.3, -0.25) is 4.68 Å². The number of hydrogen-bond acceptors (Lipinski definition) is 4. The Hall–Kier alpha value is -1.67. The number of nitrogens with one attached hydrogen (secondary N) is 1. The molecule has 0 aliphatic heterocycles. The van der Waals surface area contributed by atoms with E-state index in [2.05, 4.69) is 14.8 Å². The van der Waals surface area contributed by atoms with Crippen molar-refractivity contribution in [3.63, 3.8) is 0 Å². The van der Waals surface area contributed by atoms with Gasteiger partial charge in [0.2, 0.25) is 0 Å². The SMILES string of the molecule is Cc1cnn([C@@H](C)CNS(=O)(=O)c2cn(C)cn2)c1. The van der Waals surface area contributed by atoms with Crippen LogP contribution in [0.1, 0.15) is 18.5 Å². The monoisotopic (exact) mass is 283 g/mol. The van der Waals surface area contributed by atoms with Gasteiger partial charge in [0.25, 0.3) is 10.0 Å². The van der Waals surface area contributed by atoms with Crippen LogP contribution in [0, 0.1) is 6.92 Å². The zero-order valence-corrected chi connectivity index (χ0v) is 11.9. The van der Waals surface area contributed by atoms with Crippen molar-refractivity contribution in [1.29, 1.82) is 0 Å². The van der Waals surface area contributed by atoms with E-state index >= 15 is 0 Å². The Morgan fingerprint density at radius 1 is 1.42 bits per heavy atom. The third kappa shape index (κ3) is 3.21. The number of aromatic nitrogens is 4. The molecule has 0 amide bonds. The van der Waals surface area contributed by atoms with E-state index in [1.54, 1.807) is 22.5 Å². The van der Waals surface area contributed by atoms with E-state index in [1.807, 2.05) is 20.0 Å². The third-order valence-electron chi connectivity index (χ3n) is 2.71. The minimum absolute atomic E-state index is 0.0267. The van der Waals surface area contributed by atoms with Crippen LogP contribution in [0.4, 0.5) is 0 Å². The van der Waals surface area contributed by atoms with Crippen molar-refractivity contribution in [1.82, 2.24) is 24.1 Å². The van der Waals surface area contributed by atoms with Crippen LogP contribution in [0.2, 0.25) is 0 Å². The molecule has 1 atom stereocenters. The lowest BCUT2D eigenvalue weighted by Gasteiger charge is -2.12. The Kier molecular flexibility index (Phi) is 3.72. The molecule has 0 bridgehead atoms. The Balaban J connectivity index is 2.02. The molecular weight excluding hydrogens is 266 g/mol. The molecule has 0 spiro atoms. The van der Waals surface area contributed by atoms with Crippen molar-refractivity contribution in [3.8, 4) is 0 Å². The summed E-state index contributed by atoms with van der Waals surface area (Å²) in [5, 5.41) is 4.18. The maximum absolute atomic E-state index is 12.0. The molecule has 0 aliphatic carbocycles. The van der Waals surface area contributed by atoms with Crippen molar-refractivity contribution in [3.05, 3.63) is 30.5 Å². The molecule has 1 N–H and O–H groups in total. The standard InChI is InChI=1S/C11H17N5O2S/c1-9-4-13-16(6-9)10(2)5-14-19(17,18)11-7-15(3)8-12-11/h4,6-8,10,14H,5H2,1-3H3/t10-/m0/s1. The molecule has 0 fully saturated rings. The molecule has 8 heteroatoms. The zero-order valence-electron chi connectivity index (χ0n) is 11.1. The van der Waals surface area contributed by atoms with Crippen molar-refractivity contribution in [2.75, 3.05) is 6.54 Å². The molecule has 7 nitrogen and oxygen atoms in total. The fourth-order valence-electron chi connectivity index (χ4n) is 1.60. The van der Waals surface area contributed by atoms with Gasteiger partial charge in [0, 0.05) is 26.0 Å². The van der Waals surface area contributed by atoms with Gasteiger partial charge < -0.3 is 4.57 Å². The van der Waals surface area contributed by atoms with Gasteiger partial charge in [0.15, 0.2) is 5.03 Å². The Labute approximate surface area is 112 Å². The summed E-state index contributed by atoms with van der Waals surface area (Å²) in [7, 11) is -1.84. The fraction of sp³-hybridized carbons (Fsp3) is 0.455. The van der Waals surface area contributed by atoms with Crippen molar-refractivity contribution < 1.29 is 8.42 Å². The van der Waals surface area contributed by atoms with E-state index in [0.717, 1.165) is 5.56 Å². The van der Waals surface area contributed by atoms with Crippen LogP contribution in [0.5, 0.6) is 0 Å². The first-order valence-electron chi connectivity index (χ1n) is 5.87. The molecule has 0 saturated carbocycles. The zero-order chi connectivity index (χ0) is 14.0. The number of sulfonamides is 1. The topological polar surface area (TPSA) is 81.8 Å². The number of rotatable bonds is 5. The van der Waals surface area contributed by atoms with Gasteiger partial charge in [-0.15, -0.1) is 0 Å². The molecule has 0 unspecified atom stereocenters. The summed E-state index contributed by atoms with van der Waals surface area (Å²) >= 11 is 0. The second kappa shape index (κ2) is 5.14. The first-order chi connectivity index (χ1) is 8.88. The van der Waals surface area contributed by atoms with Crippen molar-refractivity contribution in [2.24, 2.45) is 7.05 Å². The first kappa shape index (κ1) is 13.8. The lowest BCUT2D eigenvalue weighted by Crippen LogP contribution is -2.30. The lowest BCUT2D eigenvalue weighted by atomic mass is 10.3. The highest BCUT2D eigenvalue weighted by molar-refractivity contribution is 7.89. The first-order valence-corrected chi connectivity index (χ1v) is 7.35. The van der Waals surface area contributed by atoms with Crippen LogP contribution in [-0.2, 0) is 17.1 Å². The number of aryl methyl sites for hydroxylation is 2. The lowest BCUT2D eigenvalue weighted by molar-refractivity contribution is 0.478. The summed E-state index contributed by atoms with van der Waals surface area (Å²) < 4.78 is 29.8. The molecule has 2 heterocycles. The maximum atomic E-state index is 12.0. The number of hydrogen-bond donors (Lipinski definition) is 1. The van der Waals surface area contributed by atoms with E-state index in [1.165, 1.54) is 12.5 Å². The van der Waals surface area contributed by atoms with Gasteiger partial charge in [-0.25, -0.2) is 18.1 Å². The van der Waals surface area contributed by atoms with Gasteiger partial charge in [-0.05, 0) is 19.4 Å². The minimum Gasteiger partial charge on any atom is -0.339 e. The van der Waals surface area contributed by atoms with Gasteiger partial charge in [-0.2, -0.15) is 5.10 Å². The third-order valence-corrected chi connectivity index (χ3v) is 4.02. The molecule has 104 valence electrons. The van der Waals surface area contributed by atoms with Gasteiger partial charge >= 0.3 is 0 Å². The summed E-state index contributed by atoms with van der Waals surface area (Å²) in [4.78, 5) is 3.83. The highest BCUT2D eigenvalue weighted by atomic mass is 32.2. The molecule has 0 saturated heterocycles. The Bertz CT molecular complexity index is 658. The van der Waals surface area contributed by atoms with E-state index in [9.17, 15) is 8.42 Å². The van der Waals surface area contributed by atoms with Crippen LogP contribution in [-0.4, -0.2) is 34.3 Å². The van der Waals surface area contributed by atoms with E-state index in [-0.39, 0.29) is 17.6 Å². The average Bonchev–Trinajstić information content (AvgIpc) is 2.95. The summed E-state index contributed by atoms with van der Waals surface area (Å²) in [6, 6.07) is -0.0628. The molecule has 2 aromatic heterocycles. The Morgan fingerprint density at radius 3 is 2.68 bits per heavy atom. The van der Waals surface area contributed by atoms with Crippen LogP contribution >= 0.6 is 0 Å². The van der Waals surface area contributed by atoms with E-state index in [4.69, 9.17) is 0 Å². The van der Waals surface area contributed by atoms with Crippen LogP contribution < -0.4 is 4.72 Å². The van der Waals surface area contributed by atoms with E-state index in [0.29, 0.717) is 0 Å². The quantitative estimate of drug-likeness (QED) is 0.864. The van der Waals surface area contributed by atoms with Crippen LogP contribution in [0.15, 0.2) is 29.9 Å². The summed E-state index contributed by atoms with van der Waals surface area (Å²) in [6.07, 6.45) is 6.53. The predicted octanol–water partition coefficient (Wildman–Crippen LogP) is 0.465. The number of nitrogens with zero attached hydrogens (tertiary/aromatic N) is 4. The van der Waals surface area contributed by atoms with Crippen molar-refractivity contribution in [2.45, 2.75) is 24.9 Å². The summed E-state index contributed by atoms with van der Waals surface area (Å²) in [6.45, 7) is 4.10. The number of imidazole rings is 1. The minimum atomic E-state index is -3.56. The molecule has 2 aromatic rings. The highest BCUT2D eigenvalue weighted by Crippen LogP contribution is 2.08. The summed E-state index contributed by atoms with van der Waals surface area (Å²) in [5.41, 5.74) is 1.04. The van der Waals surface area contributed by atoms with Gasteiger partial charge in [0.1, 0.15) is 0 Å². The van der Waals surface area contributed by atoms with E-state index < -0.39 is 10.0 Å². The molecule has 19 heavy (non-hydrogen) atoms. The second-order valence-corrected chi connectivity index (χ2v) is 6.29. The van der Waals surface area contributed by atoms with Crippen LogP contribution in [0.3, 0.4) is 0 Å². The fourth-order valence-corrected chi connectivity index (χ4v) is 2.70. The maximum Gasteiger partial charge on any atom is 0.259 e. The highest BCUT2D eigenvalue weighted by Gasteiger charge is 2.18. The van der Waals surface area contributed by atoms with Gasteiger partial charge in [0.05, 0.1) is 18.6 Å². The molecule has 0 aliphatic rings. The molecule has 0 aromatic carbocycles. The molecule has 2 rings (SSSR count). The smallest absolute Gasteiger partial charge is 0.259 e. The van der Waals surface area contributed by atoms with Gasteiger partial charge in [-0.1, -0.05) is 0 Å². The molecule has 0 radical (unpaired) electrons. The molecular formula is C11H17N5O2S. The average molecular weight is 283 g/mol. The van der Waals surface area contributed by atoms with Crippen LogP contribution in [0.25, 0.3) is 0 Å². The second-order valence-electron chi connectivity index (χ2n) is 4.58. The Morgan fingerprint density at radius 2 is 2.16 bits per heavy atom. The normalized spacial score (nSPS) is 13.6. The largest absolute Gasteiger partial charge is 0.339 e. The summed E-state index contributed by atoms with van der Waals surface area (Å²) in [5.74, 6) is 0.